The van der Waals surface area contributed by atoms with Crippen molar-refractivity contribution in [3.8, 4) is 12.3 Å². The van der Waals surface area contributed by atoms with Crippen LogP contribution in [-0.4, -0.2) is 0 Å². The molecule has 1 aromatic carbocycles. The van der Waals surface area contributed by atoms with Crippen LogP contribution in [0.1, 0.15) is 36.4 Å². The summed E-state index contributed by atoms with van der Waals surface area (Å²) in [5, 5.41) is 0. The first-order valence-electron chi connectivity index (χ1n) is 5.66. The smallest absolute Gasteiger partial charge is 0.271 e. The molecule has 1 rings (SSSR count). The summed E-state index contributed by atoms with van der Waals surface area (Å²) in [4.78, 5) is 0. The summed E-state index contributed by atoms with van der Waals surface area (Å²) in [5.41, 5.74) is 1.19. The number of benzene rings is 1. The van der Waals surface area contributed by atoms with Crippen molar-refractivity contribution in [2.75, 3.05) is 0 Å². The van der Waals surface area contributed by atoms with Gasteiger partial charge in [0, 0.05) is 12.5 Å². The molecule has 1 atom stereocenters. The second-order valence-electron chi connectivity index (χ2n) is 4.04. The number of hydrogen-bond donors (Lipinski definition) is 2. The zero-order chi connectivity index (χ0) is 14.5. The van der Waals surface area contributed by atoms with Gasteiger partial charge in [-0.15, -0.1) is 12.3 Å². The summed E-state index contributed by atoms with van der Waals surface area (Å²) in [6, 6.07) is 1.56. The lowest BCUT2D eigenvalue weighted by Crippen LogP contribution is -2.30. The predicted octanol–water partition coefficient (Wildman–Crippen LogP) is 3.15. The Balaban J connectivity index is 3.07. The molecule has 0 amide bonds. The van der Waals surface area contributed by atoms with Crippen molar-refractivity contribution in [2.24, 2.45) is 5.84 Å². The van der Waals surface area contributed by atoms with Crippen LogP contribution in [0, 0.1) is 18.2 Å². The number of alkyl halides is 3. The Hall–Kier alpha value is -1.58. The van der Waals surface area contributed by atoms with Gasteiger partial charge in [-0.2, -0.15) is 13.2 Å². The van der Waals surface area contributed by atoms with E-state index in [1.54, 1.807) is 0 Å². The van der Waals surface area contributed by atoms with Gasteiger partial charge < -0.3 is 0 Å². The van der Waals surface area contributed by atoms with Gasteiger partial charge in [-0.1, -0.05) is 0 Å². The largest absolute Gasteiger partial charge is 0.416 e. The van der Waals surface area contributed by atoms with Gasteiger partial charge in [0.25, 0.3) is 0 Å². The first-order valence-corrected chi connectivity index (χ1v) is 5.66. The van der Waals surface area contributed by atoms with Crippen molar-refractivity contribution in [1.82, 2.24) is 5.43 Å². The van der Waals surface area contributed by atoms with Gasteiger partial charge in [-0.25, -0.2) is 4.39 Å². The number of hydrazine groups is 1. The minimum Gasteiger partial charge on any atom is -0.271 e. The van der Waals surface area contributed by atoms with Crippen molar-refractivity contribution in [1.29, 1.82) is 0 Å². The van der Waals surface area contributed by atoms with Crippen molar-refractivity contribution < 1.29 is 17.6 Å². The standard InChI is InChI=1S/C13H14F4N2/c1-2-3-4-5-12(19-18)10-8-9(14)6-7-11(10)13(15,16)17/h1,6-8,12,19H,3-5,18H2. The van der Waals surface area contributed by atoms with Crippen LogP contribution in [0.2, 0.25) is 0 Å². The lowest BCUT2D eigenvalue weighted by molar-refractivity contribution is -0.138. The third kappa shape index (κ3) is 4.23. The highest BCUT2D eigenvalue weighted by molar-refractivity contribution is 5.33. The fraction of sp³-hybridized carbons (Fsp3) is 0.385. The van der Waals surface area contributed by atoms with E-state index in [1.165, 1.54) is 0 Å². The summed E-state index contributed by atoms with van der Waals surface area (Å²) in [7, 11) is 0. The lowest BCUT2D eigenvalue weighted by atomic mass is 9.96. The highest BCUT2D eigenvalue weighted by Crippen LogP contribution is 2.36. The molecule has 104 valence electrons. The fourth-order valence-corrected chi connectivity index (χ4v) is 1.82. The topological polar surface area (TPSA) is 38.0 Å². The van der Waals surface area contributed by atoms with E-state index in [0.717, 1.165) is 18.2 Å². The van der Waals surface area contributed by atoms with Crippen molar-refractivity contribution >= 4 is 0 Å². The molecule has 19 heavy (non-hydrogen) atoms. The molecule has 0 aromatic heterocycles. The molecule has 0 aliphatic heterocycles. The van der Waals surface area contributed by atoms with E-state index in [2.05, 4.69) is 11.3 Å². The Kier molecular flexibility index (Phi) is 5.33. The summed E-state index contributed by atoms with van der Waals surface area (Å²) >= 11 is 0. The van der Waals surface area contributed by atoms with Crippen LogP contribution in [0.5, 0.6) is 0 Å². The lowest BCUT2D eigenvalue weighted by Gasteiger charge is -2.21. The maximum atomic E-state index is 13.2. The van der Waals surface area contributed by atoms with E-state index in [1.807, 2.05) is 0 Å². The minimum atomic E-state index is -4.55. The maximum Gasteiger partial charge on any atom is 0.416 e. The SMILES string of the molecule is C#CCCCC(NN)c1cc(F)ccc1C(F)(F)F. The molecule has 0 aliphatic rings. The average molecular weight is 274 g/mol. The molecule has 2 nitrogen and oxygen atoms in total. The van der Waals surface area contributed by atoms with E-state index in [4.69, 9.17) is 12.3 Å². The number of terminal acetylenes is 1. The van der Waals surface area contributed by atoms with Crippen molar-refractivity contribution in [2.45, 2.75) is 31.5 Å². The normalized spacial score (nSPS) is 13.1. The van der Waals surface area contributed by atoms with E-state index in [0.29, 0.717) is 19.3 Å². The molecule has 1 unspecified atom stereocenters. The number of unbranched alkanes of at least 4 members (excludes halogenated alkanes) is 1. The number of rotatable bonds is 5. The number of nitrogens with two attached hydrogens (primary N) is 1. The van der Waals surface area contributed by atoms with Gasteiger partial charge >= 0.3 is 6.18 Å². The summed E-state index contributed by atoms with van der Waals surface area (Å²) < 4.78 is 51.7. The van der Waals surface area contributed by atoms with Gasteiger partial charge in [0.05, 0.1) is 5.56 Å². The molecule has 0 aliphatic carbocycles. The highest BCUT2D eigenvalue weighted by atomic mass is 19.4. The van der Waals surface area contributed by atoms with Crippen LogP contribution in [0.15, 0.2) is 18.2 Å². The Bertz CT molecular complexity index is 463. The molecule has 0 spiro atoms. The van der Waals surface area contributed by atoms with Crippen LogP contribution < -0.4 is 11.3 Å². The molecule has 0 fully saturated rings. The minimum absolute atomic E-state index is 0.202. The molecule has 6 heteroatoms. The molecule has 0 saturated heterocycles. The van der Waals surface area contributed by atoms with Crippen LogP contribution >= 0.6 is 0 Å². The Labute approximate surface area is 109 Å². The molecule has 1 aromatic rings. The van der Waals surface area contributed by atoms with Crippen LogP contribution in [0.3, 0.4) is 0 Å². The van der Waals surface area contributed by atoms with E-state index in [9.17, 15) is 17.6 Å². The quantitative estimate of drug-likeness (QED) is 0.284. The molecule has 0 heterocycles. The molecule has 3 N–H and O–H groups in total. The fourth-order valence-electron chi connectivity index (χ4n) is 1.82. The van der Waals surface area contributed by atoms with E-state index >= 15 is 0 Å². The molecule has 0 bridgehead atoms. The van der Waals surface area contributed by atoms with Crippen molar-refractivity contribution in [3.63, 3.8) is 0 Å². The number of nitrogens with one attached hydrogen (secondary N) is 1. The molecule has 0 saturated carbocycles. The summed E-state index contributed by atoms with van der Waals surface area (Å²) in [6.07, 6.45) is 1.75. The third-order valence-corrected chi connectivity index (χ3v) is 2.71. The van der Waals surface area contributed by atoms with Gasteiger partial charge in [-0.3, -0.25) is 11.3 Å². The van der Waals surface area contributed by atoms with Crippen LogP contribution in [-0.2, 0) is 6.18 Å². The average Bonchev–Trinajstić information content (AvgIpc) is 2.33. The first-order chi connectivity index (χ1) is 8.90. The maximum absolute atomic E-state index is 13.2. The summed E-state index contributed by atoms with van der Waals surface area (Å²) in [5.74, 6) is 6.91. The van der Waals surface area contributed by atoms with E-state index in [-0.39, 0.29) is 5.56 Å². The highest BCUT2D eigenvalue weighted by Gasteiger charge is 2.35. The van der Waals surface area contributed by atoms with E-state index < -0.39 is 23.6 Å². The monoisotopic (exact) mass is 274 g/mol. The zero-order valence-electron chi connectivity index (χ0n) is 10.1. The molecule has 0 radical (unpaired) electrons. The van der Waals surface area contributed by atoms with Gasteiger partial charge in [0.1, 0.15) is 5.82 Å². The second kappa shape index (κ2) is 6.55. The van der Waals surface area contributed by atoms with Gasteiger partial charge in [-0.05, 0) is 36.6 Å². The second-order valence-corrected chi connectivity index (χ2v) is 4.04. The Morgan fingerprint density at radius 3 is 2.58 bits per heavy atom. The first kappa shape index (κ1) is 15.5. The van der Waals surface area contributed by atoms with Gasteiger partial charge in [0.15, 0.2) is 0 Å². The molecular weight excluding hydrogens is 260 g/mol. The Morgan fingerprint density at radius 1 is 1.37 bits per heavy atom. The predicted molar refractivity (Wildman–Crippen MR) is 64.2 cm³/mol. The Morgan fingerprint density at radius 2 is 2.05 bits per heavy atom. The number of halogens is 4. The van der Waals surface area contributed by atoms with Crippen LogP contribution in [0.4, 0.5) is 17.6 Å². The van der Waals surface area contributed by atoms with Crippen LogP contribution in [0.25, 0.3) is 0 Å². The summed E-state index contributed by atoms with van der Waals surface area (Å²) in [6.45, 7) is 0. The van der Waals surface area contributed by atoms with Gasteiger partial charge in [0.2, 0.25) is 0 Å². The van der Waals surface area contributed by atoms with Crippen molar-refractivity contribution in [3.05, 3.63) is 35.1 Å². The molecular formula is C13H14F4N2. The zero-order valence-corrected chi connectivity index (χ0v) is 10.1. The number of hydrogen-bond acceptors (Lipinski definition) is 2. The third-order valence-electron chi connectivity index (χ3n) is 2.71.